The molecule has 1 heterocycles. The smallest absolute Gasteiger partial charge is 0.117 e. The first-order valence-electron chi connectivity index (χ1n) is 6.30. The zero-order valence-corrected chi connectivity index (χ0v) is 11.7. The molecule has 2 rings (SSSR count). The Kier molecular flexibility index (Phi) is 4.55. The quantitative estimate of drug-likeness (QED) is 0.664. The van der Waals surface area contributed by atoms with Gasteiger partial charge in [-0.1, -0.05) is 38.5 Å². The normalized spacial score (nSPS) is 14.6. The number of fused-ring (bicyclic) bond motifs is 1. The highest BCUT2D eigenvalue weighted by Gasteiger charge is 2.12. The van der Waals surface area contributed by atoms with E-state index < -0.39 is 0 Å². The fourth-order valence-corrected chi connectivity index (χ4v) is 2.87. The molecule has 0 aliphatic carbocycles. The molecule has 18 heavy (non-hydrogen) atoms. The monoisotopic (exact) mass is 261 g/mol. The van der Waals surface area contributed by atoms with Crippen molar-refractivity contribution in [3.8, 4) is 0 Å². The summed E-state index contributed by atoms with van der Waals surface area (Å²) in [5.74, 6) is 1.45. The van der Waals surface area contributed by atoms with Gasteiger partial charge in [-0.25, -0.2) is 9.97 Å². The van der Waals surface area contributed by atoms with Crippen LogP contribution < -0.4 is 5.73 Å². The van der Waals surface area contributed by atoms with Gasteiger partial charge in [-0.15, -0.1) is 11.8 Å². The number of thioether (sulfide) groups is 1. The highest BCUT2D eigenvalue weighted by molar-refractivity contribution is 7.99. The first-order valence-corrected chi connectivity index (χ1v) is 7.29. The highest BCUT2D eigenvalue weighted by Crippen LogP contribution is 2.25. The molecule has 0 aliphatic rings. The molecule has 1 aromatic heterocycles. The van der Waals surface area contributed by atoms with Gasteiger partial charge in [0.15, 0.2) is 0 Å². The molecular formula is C14H19N3S. The molecule has 0 saturated heterocycles. The summed E-state index contributed by atoms with van der Waals surface area (Å²) in [4.78, 5) is 8.62. The zero-order chi connectivity index (χ0) is 13.0. The lowest BCUT2D eigenvalue weighted by atomic mass is 10.0. The average molecular weight is 261 g/mol. The standard InChI is InChI=1S/C14H19N3S/c1-3-10(2)12(15)8-18-14-11-6-4-5-7-13(11)16-9-17-14/h4-7,9-10,12H,3,8,15H2,1-2H3. The van der Waals surface area contributed by atoms with Gasteiger partial charge in [0, 0.05) is 17.2 Å². The minimum absolute atomic E-state index is 0.216. The van der Waals surface area contributed by atoms with Crippen LogP contribution in [0, 0.1) is 5.92 Å². The summed E-state index contributed by atoms with van der Waals surface area (Å²) in [6.45, 7) is 4.37. The Morgan fingerprint density at radius 2 is 2.06 bits per heavy atom. The van der Waals surface area contributed by atoms with Gasteiger partial charge < -0.3 is 5.73 Å². The Hall–Kier alpha value is -1.13. The first-order chi connectivity index (χ1) is 8.72. The number of nitrogens with zero attached hydrogens (tertiary/aromatic N) is 2. The molecule has 3 nitrogen and oxygen atoms in total. The second-order valence-electron chi connectivity index (χ2n) is 4.56. The lowest BCUT2D eigenvalue weighted by molar-refractivity contribution is 0.475. The van der Waals surface area contributed by atoms with Crippen LogP contribution in [0.15, 0.2) is 35.6 Å². The third-order valence-electron chi connectivity index (χ3n) is 3.29. The maximum absolute atomic E-state index is 6.16. The number of hydrogen-bond acceptors (Lipinski definition) is 4. The van der Waals surface area contributed by atoms with Gasteiger partial charge in [0.2, 0.25) is 0 Å². The molecule has 0 spiro atoms. The van der Waals surface area contributed by atoms with Crippen molar-refractivity contribution >= 4 is 22.7 Å². The van der Waals surface area contributed by atoms with Gasteiger partial charge >= 0.3 is 0 Å². The largest absolute Gasteiger partial charge is 0.327 e. The summed E-state index contributed by atoms with van der Waals surface area (Å²) in [6, 6.07) is 8.30. The molecule has 0 aliphatic heterocycles. The van der Waals surface area contributed by atoms with Gasteiger partial charge in [-0.2, -0.15) is 0 Å². The lowest BCUT2D eigenvalue weighted by Gasteiger charge is -2.17. The van der Waals surface area contributed by atoms with E-state index in [0.29, 0.717) is 5.92 Å². The number of hydrogen-bond donors (Lipinski definition) is 1. The van der Waals surface area contributed by atoms with Crippen LogP contribution in [0.4, 0.5) is 0 Å². The molecule has 0 amide bonds. The number of benzene rings is 1. The van der Waals surface area contributed by atoms with E-state index in [4.69, 9.17) is 5.73 Å². The summed E-state index contributed by atoms with van der Waals surface area (Å²) < 4.78 is 0. The third kappa shape index (κ3) is 3.00. The Morgan fingerprint density at radius 1 is 1.28 bits per heavy atom. The lowest BCUT2D eigenvalue weighted by Crippen LogP contribution is -2.30. The Labute approximate surface area is 112 Å². The SMILES string of the molecule is CCC(C)C(N)CSc1ncnc2ccccc12. The van der Waals surface area contributed by atoms with Crippen LogP contribution in [0.1, 0.15) is 20.3 Å². The number of para-hydroxylation sites is 1. The summed E-state index contributed by atoms with van der Waals surface area (Å²) >= 11 is 1.73. The van der Waals surface area contributed by atoms with Crippen molar-refractivity contribution in [1.29, 1.82) is 0 Å². The Morgan fingerprint density at radius 3 is 2.83 bits per heavy atom. The number of nitrogens with two attached hydrogens (primary N) is 1. The molecular weight excluding hydrogens is 242 g/mol. The van der Waals surface area contributed by atoms with E-state index in [9.17, 15) is 0 Å². The molecule has 4 heteroatoms. The highest BCUT2D eigenvalue weighted by atomic mass is 32.2. The van der Waals surface area contributed by atoms with Gasteiger partial charge in [0.05, 0.1) is 5.52 Å². The molecule has 1 aromatic carbocycles. The van der Waals surface area contributed by atoms with Gasteiger partial charge in [-0.05, 0) is 12.0 Å². The third-order valence-corrected chi connectivity index (χ3v) is 4.44. The molecule has 96 valence electrons. The van der Waals surface area contributed by atoms with E-state index in [-0.39, 0.29) is 6.04 Å². The first kappa shape index (κ1) is 13.3. The average Bonchev–Trinajstić information content (AvgIpc) is 2.43. The summed E-state index contributed by atoms with van der Waals surface area (Å²) in [6.07, 6.45) is 2.74. The molecule has 0 fully saturated rings. The summed E-state index contributed by atoms with van der Waals surface area (Å²) in [5, 5.41) is 2.14. The predicted octanol–water partition coefficient (Wildman–Crippen LogP) is 3.10. The van der Waals surface area contributed by atoms with Crippen molar-refractivity contribution in [3.63, 3.8) is 0 Å². The molecule has 2 N–H and O–H groups in total. The van der Waals surface area contributed by atoms with Gasteiger partial charge in [0.1, 0.15) is 11.4 Å². The molecule has 0 radical (unpaired) electrons. The van der Waals surface area contributed by atoms with E-state index in [1.54, 1.807) is 18.1 Å². The second-order valence-corrected chi connectivity index (χ2v) is 5.57. The summed E-state index contributed by atoms with van der Waals surface area (Å²) in [5.41, 5.74) is 7.15. The van der Waals surface area contributed by atoms with Crippen molar-refractivity contribution < 1.29 is 0 Å². The second kappa shape index (κ2) is 6.16. The summed E-state index contributed by atoms with van der Waals surface area (Å²) in [7, 11) is 0. The maximum Gasteiger partial charge on any atom is 0.117 e. The van der Waals surface area contributed by atoms with E-state index in [1.165, 1.54) is 0 Å². The molecule has 2 unspecified atom stereocenters. The Balaban J connectivity index is 2.12. The maximum atomic E-state index is 6.16. The molecule has 0 saturated carbocycles. The van der Waals surface area contributed by atoms with Crippen molar-refractivity contribution in [2.24, 2.45) is 11.7 Å². The minimum Gasteiger partial charge on any atom is -0.327 e. The number of rotatable bonds is 5. The predicted molar refractivity (Wildman–Crippen MR) is 77.7 cm³/mol. The van der Waals surface area contributed by atoms with Crippen molar-refractivity contribution in [1.82, 2.24) is 9.97 Å². The molecule has 2 atom stereocenters. The van der Waals surface area contributed by atoms with Gasteiger partial charge in [-0.3, -0.25) is 0 Å². The van der Waals surface area contributed by atoms with E-state index in [1.807, 2.05) is 18.2 Å². The van der Waals surface area contributed by atoms with Crippen LogP contribution >= 0.6 is 11.8 Å². The zero-order valence-electron chi connectivity index (χ0n) is 10.8. The van der Waals surface area contributed by atoms with Crippen LogP contribution in [0.5, 0.6) is 0 Å². The van der Waals surface area contributed by atoms with E-state index in [0.717, 1.165) is 28.1 Å². The van der Waals surface area contributed by atoms with Crippen molar-refractivity contribution in [3.05, 3.63) is 30.6 Å². The van der Waals surface area contributed by atoms with Crippen molar-refractivity contribution in [2.45, 2.75) is 31.3 Å². The molecule has 0 bridgehead atoms. The van der Waals surface area contributed by atoms with Crippen LogP contribution in [0.2, 0.25) is 0 Å². The van der Waals surface area contributed by atoms with Crippen LogP contribution in [0.3, 0.4) is 0 Å². The van der Waals surface area contributed by atoms with E-state index in [2.05, 4.69) is 29.9 Å². The van der Waals surface area contributed by atoms with E-state index >= 15 is 0 Å². The fraction of sp³-hybridized carbons (Fsp3) is 0.429. The van der Waals surface area contributed by atoms with Crippen molar-refractivity contribution in [2.75, 3.05) is 5.75 Å². The van der Waals surface area contributed by atoms with Crippen LogP contribution in [0.25, 0.3) is 10.9 Å². The number of aromatic nitrogens is 2. The van der Waals surface area contributed by atoms with Crippen LogP contribution in [-0.4, -0.2) is 21.8 Å². The minimum atomic E-state index is 0.216. The molecule has 2 aromatic rings. The fourth-order valence-electron chi connectivity index (χ4n) is 1.74. The Bertz CT molecular complexity index is 510. The van der Waals surface area contributed by atoms with Gasteiger partial charge in [0.25, 0.3) is 0 Å². The topological polar surface area (TPSA) is 51.8 Å². The van der Waals surface area contributed by atoms with Crippen LogP contribution in [-0.2, 0) is 0 Å².